The molecular weight excluding hydrogens is 491 g/mol. The highest BCUT2D eigenvalue weighted by Gasteiger charge is 2.27. The van der Waals surface area contributed by atoms with E-state index in [-0.39, 0.29) is 13.0 Å². The minimum atomic E-state index is -1.34. The molecule has 2 aromatic carbocycles. The molecule has 0 aliphatic rings. The van der Waals surface area contributed by atoms with Crippen LogP contribution >= 0.6 is 22.6 Å². The molecule has 0 saturated heterocycles. The maximum Gasteiger partial charge on any atom is 0.408 e. The first-order valence-electron chi connectivity index (χ1n) is 8.75. The van der Waals surface area contributed by atoms with E-state index < -0.39 is 36.7 Å². The van der Waals surface area contributed by atoms with Gasteiger partial charge < -0.3 is 25.6 Å². The van der Waals surface area contributed by atoms with Gasteiger partial charge in [0, 0.05) is 9.99 Å². The Kier molecular flexibility index (Phi) is 8.87. The van der Waals surface area contributed by atoms with Crippen LogP contribution in [0, 0.1) is 3.57 Å². The van der Waals surface area contributed by atoms with Crippen molar-refractivity contribution in [3.63, 3.8) is 0 Å². The van der Waals surface area contributed by atoms with Gasteiger partial charge in [0.1, 0.15) is 18.7 Å². The predicted molar refractivity (Wildman–Crippen MR) is 113 cm³/mol. The van der Waals surface area contributed by atoms with Crippen LogP contribution in [0.3, 0.4) is 0 Å². The third kappa shape index (κ3) is 7.35. The fourth-order valence-electron chi connectivity index (χ4n) is 2.46. The summed E-state index contributed by atoms with van der Waals surface area (Å²) in [5.74, 6) is -2.04. The molecule has 2 rings (SSSR count). The lowest BCUT2D eigenvalue weighted by molar-refractivity contribution is -0.142. The Bertz CT molecular complexity index is 846. The summed E-state index contributed by atoms with van der Waals surface area (Å²) in [6, 6.07) is 13.6. The first-order valence-corrected chi connectivity index (χ1v) is 9.83. The summed E-state index contributed by atoms with van der Waals surface area (Å²) in [6.07, 6.45) is -0.830. The molecule has 0 aromatic heterocycles. The number of carbonyl (C=O) groups is 3. The van der Waals surface area contributed by atoms with E-state index in [1.165, 1.54) is 0 Å². The Morgan fingerprint density at radius 2 is 1.62 bits per heavy atom. The Morgan fingerprint density at radius 1 is 0.966 bits per heavy atom. The Hall–Kier alpha value is -2.66. The van der Waals surface area contributed by atoms with E-state index >= 15 is 0 Å². The van der Waals surface area contributed by atoms with Gasteiger partial charge >= 0.3 is 12.1 Å². The van der Waals surface area contributed by atoms with E-state index in [1.54, 1.807) is 36.4 Å². The molecule has 4 N–H and O–H groups in total. The number of rotatable bonds is 9. The van der Waals surface area contributed by atoms with Gasteiger partial charge in [0.05, 0.1) is 6.61 Å². The molecule has 0 aliphatic carbocycles. The van der Waals surface area contributed by atoms with Gasteiger partial charge in [0.2, 0.25) is 5.91 Å². The van der Waals surface area contributed by atoms with Crippen molar-refractivity contribution in [2.75, 3.05) is 6.61 Å². The van der Waals surface area contributed by atoms with Crippen molar-refractivity contribution in [2.45, 2.75) is 25.1 Å². The summed E-state index contributed by atoms with van der Waals surface area (Å²) in [7, 11) is 0. The largest absolute Gasteiger partial charge is 0.480 e. The van der Waals surface area contributed by atoms with E-state index in [1.807, 2.05) is 18.2 Å². The topological polar surface area (TPSA) is 125 Å². The van der Waals surface area contributed by atoms with E-state index in [9.17, 15) is 24.6 Å². The zero-order valence-electron chi connectivity index (χ0n) is 15.4. The number of alkyl carbamates (subject to hydrolysis) is 1. The van der Waals surface area contributed by atoms with Crippen LogP contribution in [0.1, 0.15) is 11.1 Å². The molecule has 2 amide bonds. The SMILES string of the molecule is O=C(N[C@@H](CO)C(=O)N[C@H](Cc1ccccc1I)C(=O)O)OCc1ccccc1. The third-order valence-corrected chi connectivity index (χ3v) is 5.05. The number of amides is 2. The monoisotopic (exact) mass is 512 g/mol. The smallest absolute Gasteiger partial charge is 0.408 e. The van der Waals surface area contributed by atoms with Gasteiger partial charge in [0.25, 0.3) is 0 Å². The minimum absolute atomic E-state index is 0.00334. The Balaban J connectivity index is 1.93. The van der Waals surface area contributed by atoms with Crippen LogP contribution in [0.25, 0.3) is 0 Å². The molecule has 8 nitrogen and oxygen atoms in total. The van der Waals surface area contributed by atoms with Crippen LogP contribution in [0.4, 0.5) is 4.79 Å². The van der Waals surface area contributed by atoms with Crippen LogP contribution in [0.15, 0.2) is 54.6 Å². The van der Waals surface area contributed by atoms with Gasteiger partial charge in [-0.15, -0.1) is 0 Å². The molecule has 0 bridgehead atoms. The molecule has 0 saturated carbocycles. The number of carboxylic acids is 1. The quantitative estimate of drug-likeness (QED) is 0.379. The number of aliphatic hydroxyl groups excluding tert-OH is 1. The molecule has 0 fully saturated rings. The standard InChI is InChI=1S/C20H21IN2O6/c21-15-9-5-4-8-14(15)10-16(19(26)27)22-18(25)17(11-24)23-20(28)29-12-13-6-2-1-3-7-13/h1-9,16-17,24H,10-12H2,(H,22,25)(H,23,28)(H,26,27)/t16-,17+/m1/s1. The highest BCUT2D eigenvalue weighted by atomic mass is 127. The molecular formula is C20H21IN2O6. The first kappa shape index (κ1) is 22.6. The van der Waals surface area contributed by atoms with E-state index in [2.05, 4.69) is 33.2 Å². The lowest BCUT2D eigenvalue weighted by Gasteiger charge is -2.20. The number of hydrogen-bond donors (Lipinski definition) is 4. The van der Waals surface area contributed by atoms with Crippen molar-refractivity contribution in [2.24, 2.45) is 0 Å². The molecule has 0 radical (unpaired) electrons. The Morgan fingerprint density at radius 3 is 2.24 bits per heavy atom. The van der Waals surface area contributed by atoms with Gasteiger partial charge in [-0.25, -0.2) is 9.59 Å². The number of ether oxygens (including phenoxy) is 1. The van der Waals surface area contributed by atoms with E-state index in [4.69, 9.17) is 4.74 Å². The van der Waals surface area contributed by atoms with Crippen LogP contribution in [-0.4, -0.2) is 46.9 Å². The number of carboxylic acid groups (broad SMARTS) is 1. The maximum absolute atomic E-state index is 12.4. The van der Waals surface area contributed by atoms with Gasteiger partial charge in [-0.2, -0.15) is 0 Å². The first-order chi connectivity index (χ1) is 13.9. The normalized spacial score (nSPS) is 12.5. The average Bonchev–Trinajstić information content (AvgIpc) is 2.72. The van der Waals surface area contributed by atoms with Crippen LogP contribution < -0.4 is 10.6 Å². The number of halogens is 1. The molecule has 9 heteroatoms. The lowest BCUT2D eigenvalue weighted by Crippen LogP contribution is -2.53. The summed E-state index contributed by atoms with van der Waals surface area (Å²) in [5, 5.41) is 23.5. The van der Waals surface area contributed by atoms with Crippen molar-refractivity contribution in [3.05, 3.63) is 69.3 Å². The predicted octanol–water partition coefficient (Wildman–Crippen LogP) is 1.69. The van der Waals surface area contributed by atoms with Crippen LogP contribution in [-0.2, 0) is 27.4 Å². The molecule has 154 valence electrons. The highest BCUT2D eigenvalue weighted by Crippen LogP contribution is 2.13. The second-order valence-corrected chi connectivity index (χ2v) is 7.30. The second-order valence-electron chi connectivity index (χ2n) is 6.14. The number of carbonyl (C=O) groups excluding carboxylic acids is 2. The zero-order chi connectivity index (χ0) is 21.2. The number of nitrogens with one attached hydrogen (secondary N) is 2. The number of hydrogen-bond acceptors (Lipinski definition) is 5. The number of aliphatic carboxylic acids is 1. The number of aliphatic hydroxyl groups is 1. The zero-order valence-corrected chi connectivity index (χ0v) is 17.5. The number of benzene rings is 2. The summed E-state index contributed by atoms with van der Waals surface area (Å²) in [5.41, 5.74) is 1.52. The van der Waals surface area contributed by atoms with Gasteiger partial charge in [0.15, 0.2) is 0 Å². The molecule has 29 heavy (non-hydrogen) atoms. The van der Waals surface area contributed by atoms with Crippen molar-refractivity contribution < 1.29 is 29.3 Å². The van der Waals surface area contributed by atoms with E-state index in [0.717, 1.165) is 14.7 Å². The molecule has 2 aromatic rings. The molecule has 0 heterocycles. The minimum Gasteiger partial charge on any atom is -0.480 e. The van der Waals surface area contributed by atoms with Crippen LogP contribution in [0.2, 0.25) is 0 Å². The van der Waals surface area contributed by atoms with Crippen molar-refractivity contribution >= 4 is 40.6 Å². The summed E-state index contributed by atoms with van der Waals surface area (Å²) in [4.78, 5) is 35.8. The summed E-state index contributed by atoms with van der Waals surface area (Å²) in [6.45, 7) is -0.710. The third-order valence-electron chi connectivity index (χ3n) is 4.00. The fourth-order valence-corrected chi connectivity index (χ4v) is 3.06. The van der Waals surface area contributed by atoms with Gasteiger partial charge in [-0.3, -0.25) is 4.79 Å². The van der Waals surface area contributed by atoms with Gasteiger partial charge in [-0.05, 0) is 39.8 Å². The average molecular weight is 512 g/mol. The van der Waals surface area contributed by atoms with Gasteiger partial charge in [-0.1, -0.05) is 48.5 Å². The fraction of sp³-hybridized carbons (Fsp3) is 0.250. The lowest BCUT2D eigenvalue weighted by atomic mass is 10.1. The molecule has 2 atom stereocenters. The molecule has 0 aliphatic heterocycles. The second kappa shape index (κ2) is 11.4. The molecule has 0 unspecified atom stereocenters. The van der Waals surface area contributed by atoms with Crippen molar-refractivity contribution in [1.82, 2.24) is 10.6 Å². The van der Waals surface area contributed by atoms with Crippen molar-refractivity contribution in [3.8, 4) is 0 Å². The molecule has 0 spiro atoms. The summed E-state index contributed by atoms with van der Waals surface area (Å²) >= 11 is 2.08. The Labute approximate surface area is 181 Å². The maximum atomic E-state index is 12.4. The van der Waals surface area contributed by atoms with Crippen molar-refractivity contribution in [1.29, 1.82) is 0 Å². The van der Waals surface area contributed by atoms with Crippen LogP contribution in [0.5, 0.6) is 0 Å². The highest BCUT2D eigenvalue weighted by molar-refractivity contribution is 14.1. The van der Waals surface area contributed by atoms with E-state index in [0.29, 0.717) is 0 Å². The summed E-state index contributed by atoms with van der Waals surface area (Å²) < 4.78 is 5.88.